The Morgan fingerprint density at radius 1 is 1.00 bits per heavy atom. The van der Waals surface area contributed by atoms with Crippen molar-refractivity contribution in [1.29, 1.82) is 0 Å². The van der Waals surface area contributed by atoms with Crippen LogP contribution >= 0.6 is 0 Å². The Kier molecular flexibility index (Phi) is 5.21. The van der Waals surface area contributed by atoms with E-state index in [1.807, 2.05) is 30.3 Å². The molecule has 0 atom stereocenters. The lowest BCUT2D eigenvalue weighted by Crippen LogP contribution is -2.25. The van der Waals surface area contributed by atoms with Gasteiger partial charge >= 0.3 is 0 Å². The number of sulfonamides is 1. The highest BCUT2D eigenvalue weighted by Crippen LogP contribution is 2.34. The average molecular weight is 517 g/mol. The summed E-state index contributed by atoms with van der Waals surface area (Å²) in [5.74, 6) is 0.811. The van der Waals surface area contributed by atoms with Crippen LogP contribution in [-0.2, 0) is 16.6 Å². The maximum Gasteiger partial charge on any atom is 0.289 e. The number of primary sulfonamides is 1. The van der Waals surface area contributed by atoms with Crippen molar-refractivity contribution >= 4 is 43.7 Å². The second-order valence-corrected chi connectivity index (χ2v) is 9.95. The van der Waals surface area contributed by atoms with Gasteiger partial charge in [-0.1, -0.05) is 24.3 Å². The summed E-state index contributed by atoms with van der Waals surface area (Å²) < 4.78 is 35.9. The first-order valence-electron chi connectivity index (χ1n) is 11.2. The van der Waals surface area contributed by atoms with Crippen molar-refractivity contribution in [2.45, 2.75) is 11.4 Å². The molecule has 12 heteroatoms. The molecule has 186 valence electrons. The molecule has 3 aromatic carbocycles. The second-order valence-electron chi connectivity index (χ2n) is 8.39. The van der Waals surface area contributed by atoms with Gasteiger partial charge in [0.05, 0.1) is 15.8 Å². The predicted octanol–water partition coefficient (Wildman–Crippen LogP) is 2.46. The van der Waals surface area contributed by atoms with Crippen LogP contribution in [0.15, 0.2) is 71.6 Å². The maximum absolute atomic E-state index is 13.0. The molecule has 6 rings (SSSR count). The summed E-state index contributed by atoms with van der Waals surface area (Å²) in [6, 6.07) is 18.9. The molecule has 0 radical (unpaired) electrons. The van der Waals surface area contributed by atoms with Crippen LogP contribution in [0.2, 0.25) is 0 Å². The molecule has 2 aromatic heterocycles. The number of nitrogens with two attached hydrogens (primary N) is 2. The summed E-state index contributed by atoms with van der Waals surface area (Å²) in [6.07, 6.45) is 0. The number of nitrogen functional groups attached to an aromatic ring is 1. The predicted molar refractivity (Wildman–Crippen MR) is 136 cm³/mol. The number of carbonyl (C=O) groups is 1. The van der Waals surface area contributed by atoms with Gasteiger partial charge in [-0.3, -0.25) is 9.36 Å². The molecular formula is C25H20N6O5S. The molecule has 0 unspecified atom stereocenters. The van der Waals surface area contributed by atoms with E-state index >= 15 is 0 Å². The van der Waals surface area contributed by atoms with Crippen molar-refractivity contribution in [2.75, 3.05) is 12.5 Å². The highest BCUT2D eigenvalue weighted by Gasteiger charge is 2.21. The number of fused-ring (bicyclic) bond motifs is 4. The summed E-state index contributed by atoms with van der Waals surface area (Å²) in [7, 11) is -3.85. The van der Waals surface area contributed by atoms with E-state index < -0.39 is 15.9 Å². The molecule has 11 nitrogen and oxygen atoms in total. The van der Waals surface area contributed by atoms with Crippen LogP contribution in [0.3, 0.4) is 0 Å². The van der Waals surface area contributed by atoms with Crippen LogP contribution in [0, 0.1) is 0 Å². The van der Waals surface area contributed by atoms with Gasteiger partial charge in [0.2, 0.25) is 22.6 Å². The lowest BCUT2D eigenvalue weighted by Gasteiger charge is -2.10. The fraction of sp³-hybridized carbons (Fsp3) is 0.0800. The molecule has 1 aliphatic rings. The second kappa shape index (κ2) is 8.47. The van der Waals surface area contributed by atoms with Gasteiger partial charge < -0.3 is 20.5 Å². The molecule has 1 amide bonds. The van der Waals surface area contributed by atoms with Gasteiger partial charge in [0.15, 0.2) is 17.1 Å². The highest BCUT2D eigenvalue weighted by atomic mass is 32.2. The van der Waals surface area contributed by atoms with Crippen LogP contribution in [0.4, 0.5) is 5.82 Å². The van der Waals surface area contributed by atoms with E-state index in [4.69, 9.17) is 20.3 Å². The molecule has 5 aromatic rings. The number of hydrogen-bond donors (Lipinski definition) is 3. The van der Waals surface area contributed by atoms with Crippen LogP contribution in [0.5, 0.6) is 11.5 Å². The Morgan fingerprint density at radius 3 is 2.54 bits per heavy atom. The van der Waals surface area contributed by atoms with Crippen LogP contribution in [0.1, 0.15) is 16.2 Å². The van der Waals surface area contributed by atoms with Crippen LogP contribution in [0.25, 0.3) is 27.6 Å². The fourth-order valence-corrected chi connectivity index (χ4v) is 4.86. The van der Waals surface area contributed by atoms with E-state index in [1.165, 1.54) is 12.1 Å². The Hall–Kier alpha value is -4.68. The summed E-state index contributed by atoms with van der Waals surface area (Å²) in [5, 5.41) is 9.43. The van der Waals surface area contributed by atoms with Gasteiger partial charge in [-0.25, -0.2) is 23.5 Å². The minimum absolute atomic E-state index is 0.0188. The normalized spacial score (nSPS) is 12.8. The van der Waals surface area contributed by atoms with Gasteiger partial charge in [0.1, 0.15) is 5.82 Å². The van der Waals surface area contributed by atoms with Gasteiger partial charge in [-0.05, 0) is 48.0 Å². The number of nitrogens with zero attached hydrogens (tertiary/aromatic N) is 3. The monoisotopic (exact) mass is 516 g/mol. The number of para-hydroxylation sites is 1. The lowest BCUT2D eigenvalue weighted by atomic mass is 10.2. The summed E-state index contributed by atoms with van der Waals surface area (Å²) in [4.78, 5) is 21.8. The number of ether oxygens (including phenoxy) is 2. The third-order valence-electron chi connectivity index (χ3n) is 6.06. The molecule has 3 heterocycles. The molecule has 1 aliphatic heterocycles. The molecule has 0 aliphatic carbocycles. The minimum atomic E-state index is -3.85. The van der Waals surface area contributed by atoms with Crippen molar-refractivity contribution in [2.24, 2.45) is 5.14 Å². The van der Waals surface area contributed by atoms with Crippen molar-refractivity contribution in [3.63, 3.8) is 0 Å². The summed E-state index contributed by atoms with van der Waals surface area (Å²) in [6.45, 7) is 0.381. The van der Waals surface area contributed by atoms with E-state index in [-0.39, 0.29) is 29.9 Å². The number of amides is 1. The fourth-order valence-electron chi connectivity index (χ4n) is 4.34. The first-order chi connectivity index (χ1) is 17.8. The van der Waals surface area contributed by atoms with E-state index in [9.17, 15) is 13.2 Å². The van der Waals surface area contributed by atoms with E-state index in [0.717, 1.165) is 16.5 Å². The van der Waals surface area contributed by atoms with Gasteiger partial charge in [-0.15, -0.1) is 0 Å². The van der Waals surface area contributed by atoms with Crippen molar-refractivity contribution in [3.05, 3.63) is 78.1 Å². The number of anilines is 1. The number of aromatic nitrogens is 3. The number of hydrogen-bond acceptors (Lipinski definition) is 8. The number of carbonyl (C=O) groups excluding carboxylic acids is 1. The average Bonchev–Trinajstić information content (AvgIpc) is 3.49. The van der Waals surface area contributed by atoms with Gasteiger partial charge in [-0.2, -0.15) is 0 Å². The SMILES string of the molecule is Nc1nc(C(=O)NCc2ccc3c(c2)OCO3)nc2c1c1ccccc1n2-c1ccc(S(N)(=O)=O)cc1. The Balaban J connectivity index is 1.40. The molecule has 0 fully saturated rings. The third-order valence-corrected chi connectivity index (χ3v) is 6.99. The van der Waals surface area contributed by atoms with Crippen LogP contribution < -0.4 is 25.7 Å². The minimum Gasteiger partial charge on any atom is -0.454 e. The lowest BCUT2D eigenvalue weighted by molar-refractivity contribution is 0.0941. The number of rotatable bonds is 5. The smallest absolute Gasteiger partial charge is 0.289 e. The maximum atomic E-state index is 13.0. The molecular weight excluding hydrogens is 496 g/mol. The highest BCUT2D eigenvalue weighted by molar-refractivity contribution is 7.89. The zero-order chi connectivity index (χ0) is 25.7. The number of benzene rings is 3. The topological polar surface area (TPSA) is 164 Å². The Morgan fingerprint density at radius 2 is 1.76 bits per heavy atom. The quantitative estimate of drug-likeness (QED) is 0.321. The van der Waals surface area contributed by atoms with Crippen molar-refractivity contribution < 1.29 is 22.7 Å². The molecule has 0 saturated carbocycles. The zero-order valence-corrected chi connectivity index (χ0v) is 20.0. The molecule has 0 bridgehead atoms. The Labute approximate surface area is 210 Å². The molecule has 37 heavy (non-hydrogen) atoms. The standard InChI is InChI=1S/C25H20N6O5S/c26-22-21-17-3-1-2-4-18(17)31(15-6-8-16(9-7-15)37(27,33)34)24(21)30-23(29-22)25(32)28-12-14-5-10-19-20(11-14)36-13-35-19/h1-11H,12-13H2,(H,28,32)(H2,26,29,30)(H2,27,33,34). The number of nitrogens with one attached hydrogen (secondary N) is 1. The Bertz CT molecular complexity index is 1820. The third kappa shape index (κ3) is 3.97. The van der Waals surface area contributed by atoms with Gasteiger partial charge in [0.25, 0.3) is 5.91 Å². The first-order valence-corrected chi connectivity index (χ1v) is 12.7. The zero-order valence-electron chi connectivity index (χ0n) is 19.2. The summed E-state index contributed by atoms with van der Waals surface area (Å²) in [5.41, 5.74) is 8.93. The van der Waals surface area contributed by atoms with E-state index in [0.29, 0.717) is 28.2 Å². The van der Waals surface area contributed by atoms with Crippen molar-refractivity contribution in [1.82, 2.24) is 19.9 Å². The van der Waals surface area contributed by atoms with Gasteiger partial charge in [0, 0.05) is 17.6 Å². The summed E-state index contributed by atoms with van der Waals surface area (Å²) >= 11 is 0. The van der Waals surface area contributed by atoms with E-state index in [2.05, 4.69) is 15.3 Å². The molecule has 0 saturated heterocycles. The van der Waals surface area contributed by atoms with Crippen LogP contribution in [-0.4, -0.2) is 35.7 Å². The largest absolute Gasteiger partial charge is 0.454 e. The first kappa shape index (κ1) is 22.8. The van der Waals surface area contributed by atoms with Crippen molar-refractivity contribution in [3.8, 4) is 17.2 Å². The molecule has 5 N–H and O–H groups in total. The molecule has 0 spiro atoms. The van der Waals surface area contributed by atoms with E-state index in [1.54, 1.807) is 28.8 Å².